The molecule has 1 aliphatic rings. The van der Waals surface area contributed by atoms with Crippen LogP contribution >= 0.6 is 0 Å². The molecule has 1 aromatic heterocycles. The van der Waals surface area contributed by atoms with Crippen LogP contribution in [0.5, 0.6) is 11.5 Å². The van der Waals surface area contributed by atoms with Crippen LogP contribution in [0.25, 0.3) is 11.3 Å². The normalized spacial score (nSPS) is 12.9. The highest BCUT2D eigenvalue weighted by Gasteiger charge is 2.29. The summed E-state index contributed by atoms with van der Waals surface area (Å²) >= 11 is 0. The smallest absolute Gasteiger partial charge is 0.227 e. The Bertz CT molecular complexity index is 1030. The molecule has 1 saturated carbocycles. The lowest BCUT2D eigenvalue weighted by Crippen LogP contribution is -2.13. The van der Waals surface area contributed by atoms with Gasteiger partial charge < -0.3 is 20.1 Å². The first-order valence-electron chi connectivity index (χ1n) is 9.38. The Hall–Kier alpha value is -3.61. The monoisotopic (exact) mass is 390 g/mol. The number of carbonyl (C=O) groups excluding carboxylic acids is 1. The zero-order valence-electron chi connectivity index (χ0n) is 16.3. The van der Waals surface area contributed by atoms with E-state index in [0.29, 0.717) is 23.0 Å². The molecule has 2 aromatic carbocycles. The van der Waals surface area contributed by atoms with Crippen molar-refractivity contribution in [3.05, 3.63) is 54.9 Å². The highest BCUT2D eigenvalue weighted by atomic mass is 16.5. The van der Waals surface area contributed by atoms with Crippen molar-refractivity contribution in [2.75, 3.05) is 24.9 Å². The zero-order chi connectivity index (χ0) is 20.2. The van der Waals surface area contributed by atoms with Crippen molar-refractivity contribution in [2.24, 2.45) is 5.92 Å². The van der Waals surface area contributed by atoms with Gasteiger partial charge in [0.05, 0.1) is 19.9 Å². The Labute approximate surface area is 169 Å². The number of carbonyl (C=O) groups is 1. The molecule has 4 rings (SSSR count). The van der Waals surface area contributed by atoms with Gasteiger partial charge in [-0.1, -0.05) is 6.07 Å². The van der Waals surface area contributed by atoms with E-state index in [4.69, 9.17) is 9.47 Å². The molecule has 0 aliphatic heterocycles. The number of hydrogen-bond acceptors (Lipinski definition) is 6. The van der Waals surface area contributed by atoms with E-state index >= 15 is 0 Å². The Balaban J connectivity index is 1.56. The number of aromatic nitrogens is 2. The second kappa shape index (κ2) is 8.18. The van der Waals surface area contributed by atoms with Crippen LogP contribution in [0, 0.1) is 5.92 Å². The Morgan fingerprint density at radius 3 is 2.59 bits per heavy atom. The number of nitrogens with zero attached hydrogens (tertiary/aromatic N) is 2. The summed E-state index contributed by atoms with van der Waals surface area (Å²) in [7, 11) is 3.24. The molecular formula is C22H22N4O3. The molecule has 148 valence electrons. The molecule has 0 saturated heterocycles. The van der Waals surface area contributed by atoms with Crippen molar-refractivity contribution in [1.82, 2.24) is 9.97 Å². The van der Waals surface area contributed by atoms with Crippen LogP contribution < -0.4 is 20.1 Å². The first-order valence-corrected chi connectivity index (χ1v) is 9.38. The maximum Gasteiger partial charge on any atom is 0.227 e. The van der Waals surface area contributed by atoms with E-state index in [1.54, 1.807) is 14.2 Å². The van der Waals surface area contributed by atoms with Gasteiger partial charge in [0, 0.05) is 28.9 Å². The quantitative estimate of drug-likeness (QED) is 0.627. The lowest BCUT2D eigenvalue weighted by atomic mass is 10.1. The van der Waals surface area contributed by atoms with E-state index in [0.717, 1.165) is 29.8 Å². The molecule has 7 nitrogen and oxygen atoms in total. The first-order chi connectivity index (χ1) is 14.2. The molecule has 0 spiro atoms. The van der Waals surface area contributed by atoms with Crippen LogP contribution in [-0.4, -0.2) is 30.1 Å². The van der Waals surface area contributed by atoms with Gasteiger partial charge in [0.25, 0.3) is 0 Å². The molecule has 3 aromatic rings. The van der Waals surface area contributed by atoms with Gasteiger partial charge >= 0.3 is 0 Å². The number of benzene rings is 2. The first kappa shape index (κ1) is 18.7. The highest BCUT2D eigenvalue weighted by molar-refractivity contribution is 5.94. The lowest BCUT2D eigenvalue weighted by molar-refractivity contribution is -0.117. The van der Waals surface area contributed by atoms with Gasteiger partial charge in [0.2, 0.25) is 5.91 Å². The van der Waals surface area contributed by atoms with Gasteiger partial charge in [-0.3, -0.25) is 4.79 Å². The molecule has 2 N–H and O–H groups in total. The van der Waals surface area contributed by atoms with E-state index in [9.17, 15) is 4.79 Å². The van der Waals surface area contributed by atoms with Crippen molar-refractivity contribution >= 4 is 23.1 Å². The summed E-state index contributed by atoms with van der Waals surface area (Å²) in [5.41, 5.74) is 3.09. The number of methoxy groups -OCH3 is 2. The number of hydrogen-bond donors (Lipinski definition) is 2. The maximum absolute atomic E-state index is 12.0. The zero-order valence-corrected chi connectivity index (χ0v) is 16.3. The molecule has 1 aliphatic carbocycles. The molecule has 0 atom stereocenters. The fraction of sp³-hybridized carbons (Fsp3) is 0.227. The summed E-state index contributed by atoms with van der Waals surface area (Å²) in [5, 5.41) is 6.22. The highest BCUT2D eigenvalue weighted by Crippen LogP contribution is 2.33. The van der Waals surface area contributed by atoms with Crippen LogP contribution in [0.15, 0.2) is 54.9 Å². The van der Waals surface area contributed by atoms with Crippen LogP contribution in [0.2, 0.25) is 0 Å². The van der Waals surface area contributed by atoms with Crippen molar-refractivity contribution in [1.29, 1.82) is 0 Å². The SMILES string of the molecule is COc1ccc(OC)c(-c2cc(Nc3cccc(NC(=O)C4CC4)c3)ncn2)c1. The maximum atomic E-state index is 12.0. The third kappa shape index (κ3) is 4.45. The van der Waals surface area contributed by atoms with Crippen LogP contribution in [-0.2, 0) is 4.79 Å². The molecule has 0 bridgehead atoms. The summed E-state index contributed by atoms with van der Waals surface area (Å²) in [6.45, 7) is 0. The Kier molecular flexibility index (Phi) is 5.29. The molecule has 1 amide bonds. The average Bonchev–Trinajstić information content (AvgIpc) is 3.59. The molecular weight excluding hydrogens is 368 g/mol. The molecule has 0 unspecified atom stereocenters. The minimum absolute atomic E-state index is 0.0802. The second-order valence-corrected chi connectivity index (χ2v) is 6.82. The summed E-state index contributed by atoms with van der Waals surface area (Å²) in [4.78, 5) is 20.7. The average molecular weight is 390 g/mol. The minimum Gasteiger partial charge on any atom is -0.497 e. The van der Waals surface area contributed by atoms with Crippen LogP contribution in [0.4, 0.5) is 17.2 Å². The molecule has 7 heteroatoms. The third-order valence-corrected chi connectivity index (χ3v) is 4.70. The number of rotatable bonds is 7. The van der Waals surface area contributed by atoms with E-state index in [1.165, 1.54) is 6.33 Å². The van der Waals surface area contributed by atoms with Gasteiger partial charge in [0.15, 0.2) is 0 Å². The predicted octanol–water partition coefficient (Wildman–Crippen LogP) is 4.25. The van der Waals surface area contributed by atoms with Gasteiger partial charge in [-0.15, -0.1) is 0 Å². The van der Waals surface area contributed by atoms with Crippen LogP contribution in [0.1, 0.15) is 12.8 Å². The van der Waals surface area contributed by atoms with E-state index in [2.05, 4.69) is 20.6 Å². The molecule has 0 radical (unpaired) electrons. The largest absolute Gasteiger partial charge is 0.497 e. The second-order valence-electron chi connectivity index (χ2n) is 6.82. The Morgan fingerprint density at radius 2 is 1.83 bits per heavy atom. The van der Waals surface area contributed by atoms with Crippen molar-refractivity contribution in [3.8, 4) is 22.8 Å². The third-order valence-electron chi connectivity index (χ3n) is 4.70. The van der Waals surface area contributed by atoms with E-state index in [1.807, 2.05) is 48.5 Å². The topological polar surface area (TPSA) is 85.4 Å². The summed E-state index contributed by atoms with van der Waals surface area (Å²) in [6.07, 6.45) is 3.44. The van der Waals surface area contributed by atoms with Gasteiger partial charge in [-0.05, 0) is 49.2 Å². The van der Waals surface area contributed by atoms with Gasteiger partial charge in [-0.2, -0.15) is 0 Å². The van der Waals surface area contributed by atoms with E-state index in [-0.39, 0.29) is 11.8 Å². The summed E-state index contributed by atoms with van der Waals surface area (Å²) in [6, 6.07) is 15.0. The minimum atomic E-state index is 0.0802. The molecule has 1 heterocycles. The fourth-order valence-electron chi connectivity index (χ4n) is 3.00. The molecule has 1 fully saturated rings. The standard InChI is InChI=1S/C22H22N4O3/c1-28-17-8-9-20(29-2)18(11-17)19-12-21(24-13-23-19)25-15-4-3-5-16(10-15)26-22(27)14-6-7-14/h3-5,8-14H,6-7H2,1-2H3,(H,26,27)(H,23,24,25). The van der Waals surface area contributed by atoms with Gasteiger partial charge in [-0.25, -0.2) is 9.97 Å². The lowest BCUT2D eigenvalue weighted by Gasteiger charge is -2.12. The van der Waals surface area contributed by atoms with E-state index < -0.39 is 0 Å². The Morgan fingerprint density at radius 1 is 1.00 bits per heavy atom. The number of nitrogens with one attached hydrogen (secondary N) is 2. The van der Waals surface area contributed by atoms with Crippen molar-refractivity contribution < 1.29 is 14.3 Å². The molecule has 29 heavy (non-hydrogen) atoms. The van der Waals surface area contributed by atoms with Crippen molar-refractivity contribution in [3.63, 3.8) is 0 Å². The summed E-state index contributed by atoms with van der Waals surface area (Å²) < 4.78 is 10.8. The summed E-state index contributed by atoms with van der Waals surface area (Å²) in [5.74, 6) is 2.28. The predicted molar refractivity (Wildman–Crippen MR) is 112 cm³/mol. The van der Waals surface area contributed by atoms with Gasteiger partial charge in [0.1, 0.15) is 23.6 Å². The number of anilines is 3. The van der Waals surface area contributed by atoms with Crippen molar-refractivity contribution in [2.45, 2.75) is 12.8 Å². The van der Waals surface area contributed by atoms with Crippen LogP contribution in [0.3, 0.4) is 0 Å². The number of ether oxygens (including phenoxy) is 2. The fourth-order valence-corrected chi connectivity index (χ4v) is 3.00. The number of amides is 1.